The van der Waals surface area contributed by atoms with Crippen LogP contribution >= 0.6 is 0 Å². The van der Waals surface area contributed by atoms with Gasteiger partial charge < -0.3 is 9.88 Å². The van der Waals surface area contributed by atoms with Crippen molar-refractivity contribution in [2.24, 2.45) is 0 Å². The molecule has 0 saturated heterocycles. The molecule has 2 aromatic rings. The first-order valence-corrected chi connectivity index (χ1v) is 7.09. The Kier molecular flexibility index (Phi) is 3.60. The van der Waals surface area contributed by atoms with Crippen LogP contribution in [0.1, 0.15) is 36.7 Å². The second-order valence-electron chi connectivity index (χ2n) is 5.00. The first-order valence-electron chi connectivity index (χ1n) is 7.09. The van der Waals surface area contributed by atoms with Gasteiger partial charge in [-0.2, -0.15) is 0 Å². The molecule has 4 nitrogen and oxygen atoms in total. The fourth-order valence-corrected chi connectivity index (χ4v) is 2.73. The molecule has 0 aromatic carbocycles. The highest BCUT2D eigenvalue weighted by molar-refractivity contribution is 5.41. The first-order chi connectivity index (χ1) is 9.40. The zero-order valence-corrected chi connectivity index (χ0v) is 11.4. The Bertz CT molecular complexity index is 559. The van der Waals surface area contributed by atoms with E-state index in [1.54, 1.807) is 0 Å². The number of fused-ring (bicyclic) bond motifs is 1. The molecule has 0 unspecified atom stereocenters. The Morgan fingerprint density at radius 3 is 3.11 bits per heavy atom. The highest BCUT2D eigenvalue weighted by Gasteiger charge is 2.17. The highest BCUT2D eigenvalue weighted by atomic mass is 15.1. The molecule has 1 aliphatic carbocycles. The number of nitrogens with zero attached hydrogens (tertiary/aromatic N) is 3. The predicted molar refractivity (Wildman–Crippen MR) is 75.4 cm³/mol. The fourth-order valence-electron chi connectivity index (χ4n) is 2.73. The van der Waals surface area contributed by atoms with Crippen LogP contribution in [0.3, 0.4) is 0 Å². The van der Waals surface area contributed by atoms with Gasteiger partial charge in [-0.05, 0) is 38.3 Å². The van der Waals surface area contributed by atoms with Gasteiger partial charge in [-0.1, -0.05) is 6.92 Å². The maximum atomic E-state index is 4.58. The lowest BCUT2D eigenvalue weighted by molar-refractivity contribution is 0.653. The third kappa shape index (κ3) is 2.40. The van der Waals surface area contributed by atoms with E-state index in [0.717, 1.165) is 25.9 Å². The van der Waals surface area contributed by atoms with Crippen LogP contribution in [-0.2, 0) is 19.4 Å². The maximum Gasteiger partial charge on any atom is 0.0997 e. The van der Waals surface area contributed by atoms with Crippen molar-refractivity contribution >= 4 is 0 Å². The minimum Gasteiger partial charge on any atom is -0.313 e. The summed E-state index contributed by atoms with van der Waals surface area (Å²) in [6, 6.07) is 2.09. The van der Waals surface area contributed by atoms with Crippen LogP contribution in [0.15, 0.2) is 24.8 Å². The van der Waals surface area contributed by atoms with Crippen molar-refractivity contribution in [1.29, 1.82) is 0 Å². The van der Waals surface area contributed by atoms with E-state index < -0.39 is 0 Å². The molecule has 2 heterocycles. The Morgan fingerprint density at radius 2 is 2.21 bits per heavy atom. The van der Waals surface area contributed by atoms with Gasteiger partial charge in [0.25, 0.3) is 0 Å². The Labute approximate surface area is 113 Å². The van der Waals surface area contributed by atoms with E-state index in [9.17, 15) is 0 Å². The number of nitrogens with one attached hydrogen (secondary N) is 1. The topological polar surface area (TPSA) is 42.7 Å². The molecular formula is C15H20N4. The summed E-state index contributed by atoms with van der Waals surface area (Å²) in [5.41, 5.74) is 5.11. The summed E-state index contributed by atoms with van der Waals surface area (Å²) in [5.74, 6) is 0. The van der Waals surface area contributed by atoms with Crippen LogP contribution in [0, 0.1) is 0 Å². The summed E-state index contributed by atoms with van der Waals surface area (Å²) in [5, 5.41) is 3.37. The third-order valence-corrected chi connectivity index (χ3v) is 3.73. The van der Waals surface area contributed by atoms with Crippen LogP contribution in [-0.4, -0.2) is 21.1 Å². The third-order valence-electron chi connectivity index (χ3n) is 3.73. The molecule has 4 heteroatoms. The van der Waals surface area contributed by atoms with Crippen molar-refractivity contribution in [3.63, 3.8) is 0 Å². The van der Waals surface area contributed by atoms with Crippen molar-refractivity contribution in [1.82, 2.24) is 19.9 Å². The molecule has 0 aliphatic heterocycles. The van der Waals surface area contributed by atoms with E-state index in [1.807, 2.05) is 18.7 Å². The highest BCUT2D eigenvalue weighted by Crippen LogP contribution is 2.24. The van der Waals surface area contributed by atoms with Crippen molar-refractivity contribution in [3.8, 4) is 5.69 Å². The average Bonchev–Trinajstić information content (AvgIpc) is 2.89. The smallest absolute Gasteiger partial charge is 0.0997 e. The molecule has 0 saturated carbocycles. The van der Waals surface area contributed by atoms with Crippen molar-refractivity contribution < 1.29 is 0 Å². The molecule has 0 amide bonds. The number of aryl methyl sites for hydroxylation is 1. The van der Waals surface area contributed by atoms with Crippen LogP contribution in [0.2, 0.25) is 0 Å². The normalized spacial score (nSPS) is 14.4. The van der Waals surface area contributed by atoms with E-state index in [1.165, 1.54) is 35.5 Å². The number of rotatable bonds is 4. The summed E-state index contributed by atoms with van der Waals surface area (Å²) < 4.78 is 2.25. The summed E-state index contributed by atoms with van der Waals surface area (Å²) >= 11 is 0. The molecule has 0 radical (unpaired) electrons. The van der Waals surface area contributed by atoms with Gasteiger partial charge in [0.05, 0.1) is 17.7 Å². The number of hydrogen-bond donors (Lipinski definition) is 1. The van der Waals surface area contributed by atoms with E-state index in [2.05, 4.69) is 32.8 Å². The summed E-state index contributed by atoms with van der Waals surface area (Å²) in [4.78, 5) is 8.82. The van der Waals surface area contributed by atoms with Crippen LogP contribution in [0.25, 0.3) is 5.69 Å². The lowest BCUT2D eigenvalue weighted by Crippen LogP contribution is -2.15. The standard InChI is InChI=1S/C15H20N4/c1-2-16-9-12-10-17-8-7-14(12)19-11-18-13-5-3-4-6-15(13)19/h7-8,10-11,16H,2-6,9H2,1H3. The van der Waals surface area contributed by atoms with Gasteiger partial charge in [-0.3, -0.25) is 4.98 Å². The van der Waals surface area contributed by atoms with E-state index in [-0.39, 0.29) is 0 Å². The molecule has 0 spiro atoms. The summed E-state index contributed by atoms with van der Waals surface area (Å²) in [6.07, 6.45) is 10.6. The van der Waals surface area contributed by atoms with Gasteiger partial charge in [-0.15, -0.1) is 0 Å². The molecule has 0 bridgehead atoms. The van der Waals surface area contributed by atoms with Gasteiger partial charge >= 0.3 is 0 Å². The monoisotopic (exact) mass is 256 g/mol. The molecule has 2 aromatic heterocycles. The van der Waals surface area contributed by atoms with Crippen LogP contribution < -0.4 is 5.32 Å². The number of hydrogen-bond acceptors (Lipinski definition) is 3. The Hall–Kier alpha value is -1.68. The van der Waals surface area contributed by atoms with Gasteiger partial charge in [0, 0.05) is 30.2 Å². The molecule has 1 N–H and O–H groups in total. The zero-order chi connectivity index (χ0) is 13.1. The minimum absolute atomic E-state index is 0.854. The molecular weight excluding hydrogens is 236 g/mol. The number of imidazole rings is 1. The van der Waals surface area contributed by atoms with Gasteiger partial charge in [0.15, 0.2) is 0 Å². The van der Waals surface area contributed by atoms with Gasteiger partial charge in [0.1, 0.15) is 0 Å². The predicted octanol–water partition coefficient (Wildman–Crippen LogP) is 2.26. The van der Waals surface area contributed by atoms with Crippen molar-refractivity contribution in [2.45, 2.75) is 39.2 Å². The Morgan fingerprint density at radius 1 is 1.32 bits per heavy atom. The number of pyridine rings is 1. The van der Waals surface area contributed by atoms with Gasteiger partial charge in [-0.25, -0.2) is 4.98 Å². The van der Waals surface area contributed by atoms with Crippen molar-refractivity contribution in [2.75, 3.05) is 6.54 Å². The average molecular weight is 256 g/mol. The minimum atomic E-state index is 0.854. The van der Waals surface area contributed by atoms with Crippen molar-refractivity contribution in [3.05, 3.63) is 41.7 Å². The fraction of sp³-hybridized carbons (Fsp3) is 0.467. The maximum absolute atomic E-state index is 4.58. The van der Waals surface area contributed by atoms with E-state index in [0.29, 0.717) is 0 Å². The Balaban J connectivity index is 1.99. The largest absolute Gasteiger partial charge is 0.313 e. The summed E-state index contributed by atoms with van der Waals surface area (Å²) in [7, 11) is 0. The second-order valence-corrected chi connectivity index (χ2v) is 5.00. The molecule has 3 rings (SSSR count). The molecule has 19 heavy (non-hydrogen) atoms. The zero-order valence-electron chi connectivity index (χ0n) is 11.4. The van der Waals surface area contributed by atoms with Crippen LogP contribution in [0.5, 0.6) is 0 Å². The number of aromatic nitrogens is 3. The first kappa shape index (κ1) is 12.4. The van der Waals surface area contributed by atoms with E-state index in [4.69, 9.17) is 0 Å². The SMILES string of the molecule is CCNCc1cnccc1-n1cnc2c1CCCC2. The lowest BCUT2D eigenvalue weighted by Gasteiger charge is -2.16. The molecule has 0 fully saturated rings. The summed E-state index contributed by atoms with van der Waals surface area (Å²) in [6.45, 7) is 3.94. The molecule has 100 valence electrons. The molecule has 1 aliphatic rings. The lowest BCUT2D eigenvalue weighted by atomic mass is 10.0. The molecule has 0 atom stereocenters. The second kappa shape index (κ2) is 5.53. The van der Waals surface area contributed by atoms with Crippen LogP contribution in [0.4, 0.5) is 0 Å². The van der Waals surface area contributed by atoms with Gasteiger partial charge in [0.2, 0.25) is 0 Å². The van der Waals surface area contributed by atoms with E-state index >= 15 is 0 Å². The quantitative estimate of drug-likeness (QED) is 0.912.